The van der Waals surface area contributed by atoms with Gasteiger partial charge in [0.1, 0.15) is 11.6 Å². The summed E-state index contributed by atoms with van der Waals surface area (Å²) in [5, 5.41) is 3.25. The Morgan fingerprint density at radius 1 is 1.30 bits per heavy atom. The predicted octanol–water partition coefficient (Wildman–Crippen LogP) is 3.48. The summed E-state index contributed by atoms with van der Waals surface area (Å²) in [6.45, 7) is 5.35. The van der Waals surface area contributed by atoms with Gasteiger partial charge in [-0.2, -0.15) is 0 Å². The molecule has 0 bridgehead atoms. The van der Waals surface area contributed by atoms with Gasteiger partial charge in [-0.05, 0) is 41.6 Å². The highest BCUT2D eigenvalue weighted by atomic mass is 127. The largest absolute Gasteiger partial charge is 0.458 e. The molecule has 2 heterocycles. The van der Waals surface area contributed by atoms with Gasteiger partial charge in [-0.25, -0.2) is 9.97 Å². The Morgan fingerprint density at radius 2 is 2.10 bits per heavy atom. The van der Waals surface area contributed by atoms with Gasteiger partial charge in [0.25, 0.3) is 0 Å². The summed E-state index contributed by atoms with van der Waals surface area (Å²) < 4.78 is 11.9. The summed E-state index contributed by atoms with van der Waals surface area (Å²) in [6, 6.07) is 3.87. The molecule has 0 fully saturated rings. The minimum atomic E-state index is 0.452. The maximum absolute atomic E-state index is 5.73. The first kappa shape index (κ1) is 15.2. The van der Waals surface area contributed by atoms with Gasteiger partial charge in [0.15, 0.2) is 11.6 Å². The molecule has 0 aliphatic heterocycles. The maximum atomic E-state index is 5.73. The highest BCUT2D eigenvalue weighted by Gasteiger charge is 2.15. The van der Waals surface area contributed by atoms with Crippen LogP contribution in [0, 0.1) is 3.57 Å². The summed E-state index contributed by atoms with van der Waals surface area (Å²) >= 11 is 2.24. The van der Waals surface area contributed by atoms with E-state index in [9.17, 15) is 0 Å². The Balaban J connectivity index is 2.46. The average molecular weight is 387 g/mol. The predicted molar refractivity (Wildman–Crippen MR) is 86.7 cm³/mol. The summed E-state index contributed by atoms with van der Waals surface area (Å²) in [6.07, 6.45) is 0.857. The van der Waals surface area contributed by atoms with Crippen LogP contribution in [0.5, 0.6) is 0 Å². The van der Waals surface area contributed by atoms with Crippen LogP contribution in [0.25, 0.3) is 11.6 Å². The van der Waals surface area contributed by atoms with Crippen LogP contribution in [0.4, 0.5) is 5.82 Å². The van der Waals surface area contributed by atoms with Crippen molar-refractivity contribution in [3.63, 3.8) is 0 Å². The molecule has 0 unspecified atom stereocenters. The fourth-order valence-corrected chi connectivity index (χ4v) is 2.40. The normalized spacial score (nSPS) is 10.8. The van der Waals surface area contributed by atoms with Gasteiger partial charge in [-0.3, -0.25) is 0 Å². The third-order valence-corrected chi connectivity index (χ3v) is 3.91. The molecule has 0 atom stereocenters. The van der Waals surface area contributed by atoms with E-state index in [4.69, 9.17) is 9.15 Å². The monoisotopic (exact) mass is 387 g/mol. The Bertz CT molecular complexity index is 557. The maximum Gasteiger partial charge on any atom is 0.198 e. The van der Waals surface area contributed by atoms with Crippen LogP contribution >= 0.6 is 22.6 Å². The molecule has 0 aliphatic carbocycles. The van der Waals surface area contributed by atoms with E-state index in [2.05, 4.69) is 44.8 Å². The lowest BCUT2D eigenvalue weighted by molar-refractivity contribution is 0.181. The number of anilines is 1. The summed E-state index contributed by atoms with van der Waals surface area (Å²) in [5.74, 6) is 3.03. The van der Waals surface area contributed by atoms with Crippen LogP contribution in [-0.2, 0) is 17.8 Å². The molecule has 5 nitrogen and oxygen atoms in total. The van der Waals surface area contributed by atoms with Crippen molar-refractivity contribution in [3.8, 4) is 11.6 Å². The Labute approximate surface area is 132 Å². The second-order valence-corrected chi connectivity index (χ2v) is 5.32. The topological polar surface area (TPSA) is 60.2 Å². The fraction of sp³-hybridized carbons (Fsp3) is 0.429. The van der Waals surface area contributed by atoms with Gasteiger partial charge in [0.2, 0.25) is 0 Å². The van der Waals surface area contributed by atoms with Gasteiger partial charge in [0.05, 0.1) is 15.9 Å². The first-order valence-corrected chi connectivity index (χ1v) is 7.65. The minimum Gasteiger partial charge on any atom is -0.458 e. The fourth-order valence-electron chi connectivity index (χ4n) is 1.81. The molecule has 0 amide bonds. The molecule has 2 rings (SSSR count). The number of nitrogens with zero attached hydrogens (tertiary/aromatic N) is 2. The molecule has 0 aromatic carbocycles. The molecule has 2 aromatic heterocycles. The second-order valence-electron chi connectivity index (χ2n) is 4.24. The zero-order valence-corrected chi connectivity index (χ0v) is 14.0. The minimum absolute atomic E-state index is 0.452. The molecule has 1 N–H and O–H groups in total. The molecule has 0 aliphatic rings. The van der Waals surface area contributed by atoms with Crippen LogP contribution < -0.4 is 5.32 Å². The summed E-state index contributed by atoms with van der Waals surface area (Å²) in [4.78, 5) is 9.09. The molecule has 108 valence electrons. The third kappa shape index (κ3) is 3.29. The van der Waals surface area contributed by atoms with Crippen LogP contribution in [0.3, 0.4) is 0 Å². The second kappa shape index (κ2) is 7.03. The van der Waals surface area contributed by atoms with Crippen molar-refractivity contribution in [3.05, 3.63) is 27.2 Å². The van der Waals surface area contributed by atoms with Crippen molar-refractivity contribution < 1.29 is 9.15 Å². The quantitative estimate of drug-likeness (QED) is 0.770. The van der Waals surface area contributed by atoms with Crippen LogP contribution in [-0.4, -0.2) is 23.6 Å². The van der Waals surface area contributed by atoms with Crippen LogP contribution in [0.1, 0.15) is 25.3 Å². The number of rotatable bonds is 6. The van der Waals surface area contributed by atoms with Gasteiger partial charge < -0.3 is 14.5 Å². The van der Waals surface area contributed by atoms with Crippen LogP contribution in [0.2, 0.25) is 0 Å². The highest BCUT2D eigenvalue weighted by Crippen LogP contribution is 2.26. The number of ether oxygens (including phenoxy) is 1. The van der Waals surface area contributed by atoms with Crippen LogP contribution in [0.15, 0.2) is 16.5 Å². The molecule has 0 radical (unpaired) electrons. The first-order valence-electron chi connectivity index (χ1n) is 6.57. The Morgan fingerprint density at radius 3 is 2.70 bits per heavy atom. The zero-order chi connectivity index (χ0) is 14.5. The smallest absolute Gasteiger partial charge is 0.198 e. The summed E-state index contributed by atoms with van der Waals surface area (Å²) in [7, 11) is 1.66. The molecule has 20 heavy (non-hydrogen) atoms. The van der Waals surface area contributed by atoms with E-state index in [1.807, 2.05) is 19.1 Å². The average Bonchev–Trinajstić information content (AvgIpc) is 2.92. The Kier molecular flexibility index (Phi) is 5.36. The third-order valence-electron chi connectivity index (χ3n) is 2.78. The van der Waals surface area contributed by atoms with E-state index < -0.39 is 0 Å². The van der Waals surface area contributed by atoms with E-state index >= 15 is 0 Å². The van der Waals surface area contributed by atoms with E-state index in [0.29, 0.717) is 18.2 Å². The van der Waals surface area contributed by atoms with Gasteiger partial charge in [0, 0.05) is 20.1 Å². The van der Waals surface area contributed by atoms with Crippen molar-refractivity contribution in [1.82, 2.24) is 9.97 Å². The molecule has 6 heteroatoms. The Hall–Kier alpha value is -1.15. The molecule has 0 saturated heterocycles. The van der Waals surface area contributed by atoms with Crippen molar-refractivity contribution in [1.29, 1.82) is 0 Å². The number of furan rings is 1. The van der Waals surface area contributed by atoms with E-state index in [-0.39, 0.29) is 0 Å². The van der Waals surface area contributed by atoms with E-state index in [1.165, 1.54) is 0 Å². The van der Waals surface area contributed by atoms with Gasteiger partial charge >= 0.3 is 0 Å². The van der Waals surface area contributed by atoms with Crippen molar-refractivity contribution >= 4 is 28.4 Å². The number of aromatic nitrogens is 2. The summed E-state index contributed by atoms with van der Waals surface area (Å²) in [5.41, 5.74) is 0.864. The lowest BCUT2D eigenvalue weighted by atomic mass is 10.3. The van der Waals surface area contributed by atoms with Gasteiger partial charge in [-0.1, -0.05) is 6.92 Å². The molecular formula is C14H18IN3O2. The van der Waals surface area contributed by atoms with Gasteiger partial charge in [-0.15, -0.1) is 0 Å². The number of methoxy groups -OCH3 is 1. The SMILES string of the molecule is CCNc1nc(-c2ccc(CC)o2)nc(COC)c1I. The number of halogens is 1. The molecule has 0 saturated carbocycles. The number of aryl methyl sites for hydroxylation is 1. The number of hydrogen-bond donors (Lipinski definition) is 1. The lowest BCUT2D eigenvalue weighted by Crippen LogP contribution is -2.08. The van der Waals surface area contributed by atoms with Crippen molar-refractivity contribution in [2.45, 2.75) is 26.9 Å². The van der Waals surface area contributed by atoms with E-state index in [1.54, 1.807) is 7.11 Å². The first-order chi connectivity index (χ1) is 9.69. The zero-order valence-electron chi connectivity index (χ0n) is 11.9. The number of nitrogens with one attached hydrogen (secondary N) is 1. The molecular weight excluding hydrogens is 369 g/mol. The lowest BCUT2D eigenvalue weighted by Gasteiger charge is -2.10. The molecule has 0 spiro atoms. The molecule has 2 aromatic rings. The van der Waals surface area contributed by atoms with E-state index in [0.717, 1.165) is 33.8 Å². The standard InChI is InChI=1S/C14H18IN3O2/c1-4-9-6-7-11(20-9)13-17-10(8-19-3)12(15)14(18-13)16-5-2/h6-7H,4-5,8H2,1-3H3,(H,16,17,18). The number of hydrogen-bond acceptors (Lipinski definition) is 5. The van der Waals surface area contributed by atoms with Crippen molar-refractivity contribution in [2.24, 2.45) is 0 Å². The highest BCUT2D eigenvalue weighted by molar-refractivity contribution is 14.1. The van der Waals surface area contributed by atoms with Crippen molar-refractivity contribution in [2.75, 3.05) is 19.0 Å².